The molecule has 8 nitrogen and oxygen atoms in total. The number of β-amino-alcohol motifs (C(OH)–C–C–N with tert-alkyl or cyclic N) is 1. The van der Waals surface area contributed by atoms with Crippen molar-refractivity contribution < 1.29 is 24.2 Å². The Bertz CT molecular complexity index is 1340. The van der Waals surface area contributed by atoms with Crippen molar-refractivity contribution in [1.82, 2.24) is 14.5 Å². The molecule has 188 valence electrons. The van der Waals surface area contributed by atoms with Gasteiger partial charge in [0.05, 0.1) is 67.8 Å². The van der Waals surface area contributed by atoms with Crippen molar-refractivity contribution >= 4 is 38.9 Å². The highest BCUT2D eigenvalue weighted by Crippen LogP contribution is 2.43. The molecule has 1 atom stereocenters. The van der Waals surface area contributed by atoms with Gasteiger partial charge in [-0.05, 0) is 43.7 Å². The van der Waals surface area contributed by atoms with E-state index in [2.05, 4.69) is 20.9 Å². The average molecular weight is 554 g/mol. The topological polar surface area (TPSA) is 93.9 Å². The third-order valence-corrected chi connectivity index (χ3v) is 6.98. The number of imidazole rings is 1. The number of aromatic nitrogens is 2. The smallest absolute Gasteiger partial charge is 0.336 e. The molecule has 1 aliphatic rings. The minimum absolute atomic E-state index is 0.149. The Morgan fingerprint density at radius 1 is 1.00 bits per heavy atom. The molecule has 2 aromatic carbocycles. The Morgan fingerprint density at radius 3 is 2.25 bits per heavy atom. The number of fused-ring (bicyclic) bond motifs is 1. The largest absolute Gasteiger partial charge is 0.466 e. The maximum Gasteiger partial charge on any atom is 0.336 e. The van der Waals surface area contributed by atoms with Crippen molar-refractivity contribution in [3.05, 3.63) is 87.4 Å². The molecule has 2 heterocycles. The van der Waals surface area contributed by atoms with Crippen molar-refractivity contribution in [1.29, 1.82) is 0 Å². The van der Waals surface area contributed by atoms with Gasteiger partial charge < -0.3 is 24.0 Å². The minimum Gasteiger partial charge on any atom is -0.466 e. The van der Waals surface area contributed by atoms with Gasteiger partial charge in [-0.15, -0.1) is 0 Å². The number of hydrogen-bond donors (Lipinski definition) is 1. The molecule has 0 aliphatic carbocycles. The first-order valence-electron chi connectivity index (χ1n) is 11.5. The quantitative estimate of drug-likeness (QED) is 0.439. The second-order valence-electron chi connectivity index (χ2n) is 8.62. The summed E-state index contributed by atoms with van der Waals surface area (Å²) >= 11 is 3.48. The van der Waals surface area contributed by atoms with Crippen LogP contribution in [-0.4, -0.2) is 58.4 Å². The number of aliphatic hydroxyl groups is 1. The lowest BCUT2D eigenvalue weighted by Gasteiger charge is -2.38. The molecule has 0 radical (unpaired) electrons. The van der Waals surface area contributed by atoms with Crippen LogP contribution in [-0.2, 0) is 25.6 Å². The Kier molecular flexibility index (Phi) is 7.61. The van der Waals surface area contributed by atoms with E-state index in [9.17, 15) is 14.7 Å². The zero-order valence-electron chi connectivity index (χ0n) is 20.6. The molecular weight excluding hydrogens is 526 g/mol. The van der Waals surface area contributed by atoms with Crippen LogP contribution in [0.25, 0.3) is 11.0 Å². The molecule has 3 aromatic rings. The molecule has 0 amide bonds. The number of rotatable bonds is 7. The van der Waals surface area contributed by atoms with Gasteiger partial charge in [-0.2, -0.15) is 0 Å². The molecular formula is C27H28BrN3O5. The van der Waals surface area contributed by atoms with Gasteiger partial charge in [0.15, 0.2) is 0 Å². The number of esters is 2. The number of hydrogen-bond acceptors (Lipinski definition) is 7. The maximum atomic E-state index is 13.1. The fraction of sp³-hybridized carbons (Fsp3) is 0.296. The third kappa shape index (κ3) is 4.81. The number of halogens is 1. The van der Waals surface area contributed by atoms with Crippen molar-refractivity contribution in [3.8, 4) is 0 Å². The first-order chi connectivity index (χ1) is 17.3. The SMILES string of the molecule is COC(=O)C1=C(C)N(CC(O)Cn2cnc3ccccc32)C(C)=C(C(=O)OC)C1c1cccc(Br)c1. The van der Waals surface area contributed by atoms with Gasteiger partial charge in [0, 0.05) is 15.9 Å². The van der Waals surface area contributed by atoms with Crippen molar-refractivity contribution in [2.75, 3.05) is 20.8 Å². The number of benzene rings is 2. The van der Waals surface area contributed by atoms with E-state index in [1.54, 1.807) is 25.1 Å². The van der Waals surface area contributed by atoms with Crippen LogP contribution in [0.5, 0.6) is 0 Å². The lowest BCUT2D eigenvalue weighted by atomic mass is 9.79. The number of nitrogens with zero attached hydrogens (tertiary/aromatic N) is 3. The number of ether oxygens (including phenoxy) is 2. The van der Waals surface area contributed by atoms with Gasteiger partial charge >= 0.3 is 11.9 Å². The molecule has 0 saturated carbocycles. The van der Waals surface area contributed by atoms with E-state index in [1.165, 1.54) is 14.2 Å². The number of carbonyl (C=O) groups is 2. The molecule has 4 rings (SSSR count). The summed E-state index contributed by atoms with van der Waals surface area (Å²) in [5.74, 6) is -1.79. The first kappa shape index (κ1) is 25.7. The summed E-state index contributed by atoms with van der Waals surface area (Å²) in [6, 6.07) is 15.1. The first-order valence-corrected chi connectivity index (χ1v) is 12.2. The summed E-state index contributed by atoms with van der Waals surface area (Å²) in [5, 5.41) is 11.1. The Hall–Kier alpha value is -3.43. The molecule has 0 spiro atoms. The lowest BCUT2D eigenvalue weighted by Crippen LogP contribution is -2.39. The van der Waals surface area contributed by atoms with Crippen LogP contribution in [0.3, 0.4) is 0 Å². The lowest BCUT2D eigenvalue weighted by molar-refractivity contribution is -0.137. The van der Waals surface area contributed by atoms with Crippen molar-refractivity contribution in [2.45, 2.75) is 32.4 Å². The summed E-state index contributed by atoms with van der Waals surface area (Å²) in [7, 11) is 2.62. The predicted molar refractivity (Wildman–Crippen MR) is 139 cm³/mol. The number of carbonyl (C=O) groups excluding carboxylic acids is 2. The van der Waals surface area contributed by atoms with E-state index < -0.39 is 24.0 Å². The fourth-order valence-electron chi connectivity index (χ4n) is 4.80. The highest BCUT2D eigenvalue weighted by atomic mass is 79.9. The monoisotopic (exact) mass is 553 g/mol. The van der Waals surface area contributed by atoms with Crippen LogP contribution in [0.4, 0.5) is 0 Å². The zero-order chi connectivity index (χ0) is 26.0. The summed E-state index contributed by atoms with van der Waals surface area (Å²) < 4.78 is 13.0. The van der Waals surface area contributed by atoms with Crippen molar-refractivity contribution in [3.63, 3.8) is 0 Å². The van der Waals surface area contributed by atoms with E-state index in [-0.39, 0.29) is 13.1 Å². The number of allylic oxidation sites excluding steroid dienone is 2. The second kappa shape index (κ2) is 10.7. The van der Waals surface area contributed by atoms with Gasteiger partial charge in [0.2, 0.25) is 0 Å². The Labute approximate surface area is 218 Å². The normalized spacial score (nSPS) is 15.4. The molecule has 1 aromatic heterocycles. The highest BCUT2D eigenvalue weighted by molar-refractivity contribution is 9.10. The zero-order valence-corrected chi connectivity index (χ0v) is 22.2. The van der Waals surface area contributed by atoms with Gasteiger partial charge in [-0.25, -0.2) is 14.6 Å². The molecule has 1 unspecified atom stereocenters. The fourth-order valence-corrected chi connectivity index (χ4v) is 5.22. The number of methoxy groups -OCH3 is 2. The third-order valence-electron chi connectivity index (χ3n) is 6.49. The molecule has 36 heavy (non-hydrogen) atoms. The van der Waals surface area contributed by atoms with Gasteiger partial charge in [-0.1, -0.05) is 40.2 Å². The van der Waals surface area contributed by atoms with Crippen LogP contribution < -0.4 is 0 Å². The summed E-state index contributed by atoms with van der Waals surface area (Å²) in [6.07, 6.45) is 0.867. The molecule has 0 fully saturated rings. The van der Waals surface area contributed by atoms with Gasteiger partial charge in [0.25, 0.3) is 0 Å². The van der Waals surface area contributed by atoms with Crippen LogP contribution in [0.15, 0.2) is 81.9 Å². The second-order valence-corrected chi connectivity index (χ2v) is 9.54. The van der Waals surface area contributed by atoms with Crippen LogP contribution >= 0.6 is 15.9 Å². The summed E-state index contributed by atoms with van der Waals surface area (Å²) in [6.45, 7) is 4.03. The number of para-hydroxylation sites is 2. The van der Waals surface area contributed by atoms with Crippen LogP contribution in [0.2, 0.25) is 0 Å². The Morgan fingerprint density at radius 2 is 1.64 bits per heavy atom. The molecule has 9 heteroatoms. The predicted octanol–water partition coefficient (Wildman–Crippen LogP) is 4.15. The van der Waals surface area contributed by atoms with E-state index in [0.717, 1.165) is 21.1 Å². The minimum atomic E-state index is -0.826. The summed E-state index contributed by atoms with van der Waals surface area (Å²) in [4.78, 5) is 32.3. The maximum absolute atomic E-state index is 13.1. The van der Waals surface area contributed by atoms with E-state index in [0.29, 0.717) is 22.5 Å². The van der Waals surface area contributed by atoms with Gasteiger partial charge in [-0.3, -0.25) is 0 Å². The number of aliphatic hydroxyl groups excluding tert-OH is 1. The standard InChI is InChI=1S/C27H28BrN3O5/c1-16-23(26(33)35-3)25(18-8-7-9-19(28)12-18)24(27(34)36-4)17(2)31(16)14-20(32)13-30-15-29-21-10-5-6-11-22(21)30/h5-12,15,20,25,32H,13-14H2,1-4H3. The van der Waals surface area contributed by atoms with Crippen molar-refractivity contribution in [2.24, 2.45) is 0 Å². The average Bonchev–Trinajstić information content (AvgIpc) is 3.28. The van der Waals surface area contributed by atoms with Gasteiger partial charge in [0.1, 0.15) is 0 Å². The Balaban J connectivity index is 1.76. The van der Waals surface area contributed by atoms with E-state index >= 15 is 0 Å². The van der Waals surface area contributed by atoms with E-state index in [4.69, 9.17) is 9.47 Å². The molecule has 0 saturated heterocycles. The highest BCUT2D eigenvalue weighted by Gasteiger charge is 2.40. The summed E-state index contributed by atoms with van der Waals surface area (Å²) in [5.41, 5.74) is 4.35. The van der Waals surface area contributed by atoms with E-state index in [1.807, 2.05) is 53.1 Å². The van der Waals surface area contributed by atoms with Crippen LogP contribution in [0, 0.1) is 0 Å². The molecule has 0 bridgehead atoms. The van der Waals surface area contributed by atoms with Crippen LogP contribution in [0.1, 0.15) is 25.3 Å². The molecule has 1 aliphatic heterocycles. The molecule has 1 N–H and O–H groups in total.